The highest BCUT2D eigenvalue weighted by Crippen LogP contribution is 2.31. The molecule has 2 aromatic rings. The van der Waals surface area contributed by atoms with Crippen molar-refractivity contribution in [2.24, 2.45) is 7.05 Å². The number of nitrogens with one attached hydrogen (secondary N) is 1. The van der Waals surface area contributed by atoms with Crippen LogP contribution in [0.4, 0.5) is 17.6 Å². The van der Waals surface area contributed by atoms with Crippen LogP contribution >= 0.6 is 0 Å². The zero-order valence-electron chi connectivity index (χ0n) is 11.4. The molecule has 1 heterocycles. The van der Waals surface area contributed by atoms with Crippen LogP contribution < -0.4 is 5.32 Å². The van der Waals surface area contributed by atoms with E-state index in [1.54, 1.807) is 6.20 Å². The van der Waals surface area contributed by atoms with E-state index in [-0.39, 0.29) is 6.54 Å². The van der Waals surface area contributed by atoms with Crippen molar-refractivity contribution in [1.82, 2.24) is 14.9 Å². The largest absolute Gasteiger partial charge is 0.419 e. The molecule has 0 unspecified atom stereocenters. The van der Waals surface area contributed by atoms with Crippen LogP contribution in [0.2, 0.25) is 0 Å². The quantitative estimate of drug-likeness (QED) is 0.680. The summed E-state index contributed by atoms with van der Waals surface area (Å²) >= 11 is 0. The minimum atomic E-state index is -4.67. The van der Waals surface area contributed by atoms with Crippen molar-refractivity contribution in [2.45, 2.75) is 19.1 Å². The maximum atomic E-state index is 13.1. The van der Waals surface area contributed by atoms with Crippen LogP contribution in [0.3, 0.4) is 0 Å². The Morgan fingerprint density at radius 2 is 2.05 bits per heavy atom. The van der Waals surface area contributed by atoms with Crippen molar-refractivity contribution < 1.29 is 17.6 Å². The van der Waals surface area contributed by atoms with Gasteiger partial charge in [0.25, 0.3) is 0 Å². The fourth-order valence-corrected chi connectivity index (χ4v) is 1.97. The minimum absolute atomic E-state index is 0.244. The summed E-state index contributed by atoms with van der Waals surface area (Å²) < 4.78 is 52.7. The molecule has 0 spiro atoms. The van der Waals surface area contributed by atoms with E-state index in [4.69, 9.17) is 0 Å². The van der Waals surface area contributed by atoms with Crippen LogP contribution in [-0.4, -0.2) is 16.1 Å². The second-order valence-corrected chi connectivity index (χ2v) is 4.69. The summed E-state index contributed by atoms with van der Waals surface area (Å²) in [6.45, 7) is 0.817. The zero-order chi connectivity index (χ0) is 15.5. The summed E-state index contributed by atoms with van der Waals surface area (Å²) in [5.41, 5.74) is -0.838. The van der Waals surface area contributed by atoms with Crippen molar-refractivity contribution in [3.63, 3.8) is 0 Å². The molecule has 1 aromatic carbocycles. The second kappa shape index (κ2) is 6.26. The molecule has 7 heteroatoms. The highest BCUT2D eigenvalue weighted by molar-refractivity contribution is 5.27. The number of imidazole rings is 1. The first-order valence-corrected chi connectivity index (χ1v) is 6.40. The number of benzene rings is 1. The number of aromatic nitrogens is 2. The first-order chi connectivity index (χ1) is 9.88. The third-order valence-electron chi connectivity index (χ3n) is 3.11. The Balaban J connectivity index is 1.90. The number of aryl methyl sites for hydroxylation is 1. The molecule has 21 heavy (non-hydrogen) atoms. The molecule has 0 radical (unpaired) electrons. The summed E-state index contributed by atoms with van der Waals surface area (Å²) in [6.07, 6.45) is -0.500. The minimum Gasteiger partial charge on any atom is -0.338 e. The molecular weight excluding hydrogens is 286 g/mol. The highest BCUT2D eigenvalue weighted by Gasteiger charge is 2.34. The van der Waals surface area contributed by atoms with E-state index in [2.05, 4.69) is 10.3 Å². The number of halogens is 4. The van der Waals surface area contributed by atoms with Crippen molar-refractivity contribution in [1.29, 1.82) is 0 Å². The fourth-order valence-electron chi connectivity index (χ4n) is 1.97. The summed E-state index contributed by atoms with van der Waals surface area (Å²) in [5, 5.41) is 3.02. The molecule has 0 bridgehead atoms. The smallest absolute Gasteiger partial charge is 0.338 e. The van der Waals surface area contributed by atoms with Gasteiger partial charge in [-0.3, -0.25) is 0 Å². The molecule has 1 N–H and O–H groups in total. The Kier molecular flexibility index (Phi) is 4.62. The number of nitrogens with zero attached hydrogens (tertiary/aromatic N) is 2. The zero-order valence-corrected chi connectivity index (χ0v) is 11.4. The predicted molar refractivity (Wildman–Crippen MR) is 70.0 cm³/mol. The van der Waals surface area contributed by atoms with E-state index >= 15 is 0 Å². The van der Waals surface area contributed by atoms with Crippen LogP contribution in [0, 0.1) is 5.82 Å². The molecule has 114 valence electrons. The normalized spacial score (nSPS) is 11.9. The van der Waals surface area contributed by atoms with E-state index in [0.717, 1.165) is 18.0 Å². The average molecular weight is 301 g/mol. The lowest BCUT2D eigenvalue weighted by atomic mass is 10.1. The average Bonchev–Trinajstić information content (AvgIpc) is 2.81. The molecule has 0 atom stereocenters. The van der Waals surface area contributed by atoms with Gasteiger partial charge >= 0.3 is 6.18 Å². The Morgan fingerprint density at radius 3 is 2.67 bits per heavy atom. The second-order valence-electron chi connectivity index (χ2n) is 4.69. The van der Waals surface area contributed by atoms with E-state index in [1.165, 1.54) is 6.07 Å². The molecule has 0 aliphatic heterocycles. The molecule has 2 rings (SSSR count). The molecule has 0 aliphatic carbocycles. The molecule has 1 aromatic heterocycles. The van der Waals surface area contributed by atoms with Gasteiger partial charge in [-0.2, -0.15) is 13.2 Å². The van der Waals surface area contributed by atoms with Gasteiger partial charge in [0, 0.05) is 39.0 Å². The molecule has 0 saturated heterocycles. The summed E-state index contributed by atoms with van der Waals surface area (Å²) in [5.74, 6) is -0.364. The van der Waals surface area contributed by atoms with Crippen molar-refractivity contribution >= 4 is 0 Å². The van der Waals surface area contributed by atoms with E-state index in [1.807, 2.05) is 17.8 Å². The third-order valence-corrected chi connectivity index (χ3v) is 3.11. The fraction of sp³-hybridized carbons (Fsp3) is 0.357. The summed E-state index contributed by atoms with van der Waals surface area (Å²) in [6, 6.07) is 3.03. The lowest BCUT2D eigenvalue weighted by Gasteiger charge is -2.10. The van der Waals surface area contributed by atoms with Gasteiger partial charge in [-0.05, 0) is 17.7 Å². The molecule has 3 nitrogen and oxygen atoms in total. The Bertz CT molecular complexity index is 605. The van der Waals surface area contributed by atoms with Crippen LogP contribution in [-0.2, 0) is 26.2 Å². The van der Waals surface area contributed by atoms with Gasteiger partial charge in [0.1, 0.15) is 11.6 Å². The lowest BCUT2D eigenvalue weighted by molar-refractivity contribution is -0.140. The van der Waals surface area contributed by atoms with Crippen LogP contribution in [0.15, 0.2) is 30.6 Å². The summed E-state index contributed by atoms with van der Waals surface area (Å²) in [4.78, 5) is 4.14. The van der Waals surface area contributed by atoms with Gasteiger partial charge in [0.2, 0.25) is 0 Å². The Labute approximate surface area is 119 Å². The van der Waals surface area contributed by atoms with Crippen LogP contribution in [0.1, 0.15) is 17.0 Å². The standard InChI is InChI=1S/C14H15F4N3/c1-21-7-6-20-13(21)4-5-19-9-10-2-3-12(15)11(8-10)14(16,17)18/h2-3,6-8,19H,4-5,9H2,1H3. The van der Waals surface area contributed by atoms with Gasteiger partial charge in [-0.25, -0.2) is 9.37 Å². The van der Waals surface area contributed by atoms with Crippen LogP contribution in [0.5, 0.6) is 0 Å². The van der Waals surface area contributed by atoms with Gasteiger partial charge in [-0.15, -0.1) is 0 Å². The number of hydrogen-bond donors (Lipinski definition) is 1. The molecule has 0 amide bonds. The summed E-state index contributed by atoms with van der Waals surface area (Å²) in [7, 11) is 1.87. The number of rotatable bonds is 5. The Morgan fingerprint density at radius 1 is 1.29 bits per heavy atom. The molecule has 0 saturated carbocycles. The van der Waals surface area contributed by atoms with Crippen molar-refractivity contribution in [2.75, 3.05) is 6.54 Å². The Hall–Kier alpha value is -1.89. The van der Waals surface area contributed by atoms with E-state index < -0.39 is 17.6 Å². The van der Waals surface area contributed by atoms with Gasteiger partial charge in [0.05, 0.1) is 5.56 Å². The lowest BCUT2D eigenvalue weighted by Crippen LogP contribution is -2.19. The van der Waals surface area contributed by atoms with Gasteiger partial charge in [0.15, 0.2) is 0 Å². The topological polar surface area (TPSA) is 29.9 Å². The molecular formula is C14H15F4N3. The highest BCUT2D eigenvalue weighted by atomic mass is 19.4. The number of alkyl halides is 3. The van der Waals surface area contributed by atoms with Gasteiger partial charge in [-0.1, -0.05) is 6.07 Å². The maximum Gasteiger partial charge on any atom is 0.419 e. The first kappa shape index (κ1) is 15.5. The maximum absolute atomic E-state index is 13.1. The SMILES string of the molecule is Cn1ccnc1CCNCc1ccc(F)c(C(F)(F)F)c1. The van der Waals surface area contributed by atoms with Gasteiger partial charge < -0.3 is 9.88 Å². The van der Waals surface area contributed by atoms with Crippen LogP contribution in [0.25, 0.3) is 0 Å². The molecule has 0 aliphatic rings. The van der Waals surface area contributed by atoms with E-state index in [9.17, 15) is 17.6 Å². The number of hydrogen-bond acceptors (Lipinski definition) is 2. The van der Waals surface area contributed by atoms with Crippen molar-refractivity contribution in [3.8, 4) is 0 Å². The monoisotopic (exact) mass is 301 g/mol. The third kappa shape index (κ3) is 4.04. The predicted octanol–water partition coefficient (Wildman–Crippen LogP) is 2.91. The van der Waals surface area contributed by atoms with E-state index in [0.29, 0.717) is 18.5 Å². The molecule has 0 fully saturated rings. The first-order valence-electron chi connectivity index (χ1n) is 6.40. The van der Waals surface area contributed by atoms with Crippen molar-refractivity contribution in [3.05, 3.63) is 53.4 Å².